The van der Waals surface area contributed by atoms with Crippen molar-refractivity contribution < 1.29 is 20.1 Å². The monoisotopic (exact) mass is 317 g/mol. The first kappa shape index (κ1) is 15.0. The molecule has 4 aliphatic rings. The SMILES string of the molecule is COc1ccc2c3c1O[C@H]1[C@@H](O)C=C[C@H]4[C@H](C2)N(C)CC[C@@]341.O. The fourth-order valence-electron chi connectivity index (χ4n) is 5.39. The molecule has 0 saturated carbocycles. The van der Waals surface area contributed by atoms with Gasteiger partial charge < -0.3 is 25.0 Å². The van der Waals surface area contributed by atoms with Gasteiger partial charge in [0.2, 0.25) is 0 Å². The highest BCUT2D eigenvalue weighted by Crippen LogP contribution is 2.62. The highest BCUT2D eigenvalue weighted by molar-refractivity contribution is 5.62. The molecule has 1 fully saturated rings. The fraction of sp³-hybridized carbons (Fsp3) is 0.556. The normalized spacial score (nSPS) is 39.3. The number of likely N-dealkylation sites (N-methyl/N-ethyl adjacent to an activating group) is 1. The van der Waals surface area contributed by atoms with Crippen molar-refractivity contribution in [1.82, 2.24) is 4.90 Å². The molecule has 23 heavy (non-hydrogen) atoms. The lowest BCUT2D eigenvalue weighted by molar-refractivity contribution is -0.0453. The van der Waals surface area contributed by atoms with Crippen LogP contribution in [0.1, 0.15) is 17.5 Å². The minimum absolute atomic E-state index is 0. The van der Waals surface area contributed by atoms with E-state index in [0.29, 0.717) is 12.0 Å². The maximum Gasteiger partial charge on any atom is 0.165 e. The van der Waals surface area contributed by atoms with Gasteiger partial charge in [0.05, 0.1) is 7.11 Å². The van der Waals surface area contributed by atoms with Crippen LogP contribution in [0.5, 0.6) is 11.5 Å². The molecule has 0 amide bonds. The zero-order valence-corrected chi connectivity index (χ0v) is 13.5. The zero-order chi connectivity index (χ0) is 15.1. The summed E-state index contributed by atoms with van der Waals surface area (Å²) in [5.74, 6) is 2.09. The number of hydrogen-bond donors (Lipinski definition) is 1. The number of piperidine rings is 1. The molecule has 124 valence electrons. The number of aliphatic hydroxyl groups is 1. The molecule has 2 aliphatic heterocycles. The Morgan fingerprint density at radius 2 is 2.17 bits per heavy atom. The van der Waals surface area contributed by atoms with Crippen LogP contribution in [-0.2, 0) is 11.8 Å². The van der Waals surface area contributed by atoms with Crippen LogP contribution in [0, 0.1) is 5.92 Å². The van der Waals surface area contributed by atoms with Crippen molar-refractivity contribution >= 4 is 0 Å². The lowest BCUT2D eigenvalue weighted by atomic mass is 9.53. The van der Waals surface area contributed by atoms with Crippen LogP contribution in [0.2, 0.25) is 0 Å². The number of methoxy groups -OCH3 is 1. The molecule has 5 nitrogen and oxygen atoms in total. The van der Waals surface area contributed by atoms with Gasteiger partial charge in [0, 0.05) is 22.9 Å². The van der Waals surface area contributed by atoms with E-state index in [-0.39, 0.29) is 17.0 Å². The van der Waals surface area contributed by atoms with E-state index in [1.54, 1.807) is 7.11 Å². The average Bonchev–Trinajstić information content (AvgIpc) is 2.88. The van der Waals surface area contributed by atoms with Gasteiger partial charge in [0.25, 0.3) is 0 Å². The van der Waals surface area contributed by atoms with Gasteiger partial charge in [-0.15, -0.1) is 0 Å². The Balaban J connectivity index is 0.00000135. The largest absolute Gasteiger partial charge is 0.493 e. The molecule has 1 aromatic rings. The molecule has 5 rings (SSSR count). The molecule has 0 radical (unpaired) electrons. The minimum atomic E-state index is -0.539. The molecule has 2 aliphatic carbocycles. The number of nitrogens with zero attached hydrogens (tertiary/aromatic N) is 1. The number of likely N-dealkylation sites (tertiary alicyclic amines) is 1. The first-order valence-electron chi connectivity index (χ1n) is 8.10. The molecule has 5 atom stereocenters. The van der Waals surface area contributed by atoms with Crippen LogP contribution >= 0.6 is 0 Å². The highest BCUT2D eigenvalue weighted by atomic mass is 16.5. The summed E-state index contributed by atoms with van der Waals surface area (Å²) in [5.41, 5.74) is 2.60. The molecular formula is C18H23NO4. The van der Waals surface area contributed by atoms with Crippen molar-refractivity contribution in [2.24, 2.45) is 5.92 Å². The number of rotatable bonds is 1. The predicted octanol–water partition coefficient (Wildman–Crippen LogP) is 0.676. The van der Waals surface area contributed by atoms with Crippen LogP contribution in [0.4, 0.5) is 0 Å². The van der Waals surface area contributed by atoms with Gasteiger partial charge in [-0.25, -0.2) is 0 Å². The number of benzene rings is 1. The molecule has 2 heterocycles. The van der Waals surface area contributed by atoms with E-state index in [9.17, 15) is 5.11 Å². The van der Waals surface area contributed by atoms with E-state index in [2.05, 4.69) is 24.1 Å². The molecular weight excluding hydrogens is 294 g/mol. The molecule has 1 saturated heterocycles. The Bertz CT molecular complexity index is 688. The zero-order valence-electron chi connectivity index (χ0n) is 13.5. The van der Waals surface area contributed by atoms with Gasteiger partial charge in [0.1, 0.15) is 12.2 Å². The summed E-state index contributed by atoms with van der Waals surface area (Å²) in [6, 6.07) is 4.70. The summed E-state index contributed by atoms with van der Waals surface area (Å²) in [5, 5.41) is 10.6. The topological polar surface area (TPSA) is 73.4 Å². The summed E-state index contributed by atoms with van der Waals surface area (Å²) < 4.78 is 11.8. The Kier molecular flexibility index (Phi) is 3.08. The maximum absolute atomic E-state index is 10.6. The maximum atomic E-state index is 10.6. The fourth-order valence-corrected chi connectivity index (χ4v) is 5.39. The molecule has 2 bridgehead atoms. The second-order valence-electron chi connectivity index (χ2n) is 7.11. The van der Waals surface area contributed by atoms with Crippen LogP contribution in [0.25, 0.3) is 0 Å². The van der Waals surface area contributed by atoms with E-state index in [0.717, 1.165) is 30.9 Å². The minimum Gasteiger partial charge on any atom is -0.493 e. The molecule has 1 aromatic carbocycles. The van der Waals surface area contributed by atoms with Gasteiger partial charge >= 0.3 is 0 Å². The Labute approximate surface area is 135 Å². The Hall–Kier alpha value is -1.56. The predicted molar refractivity (Wildman–Crippen MR) is 86.1 cm³/mol. The Morgan fingerprint density at radius 3 is 2.96 bits per heavy atom. The summed E-state index contributed by atoms with van der Waals surface area (Å²) in [6.07, 6.45) is 5.54. The molecule has 0 aromatic heterocycles. The van der Waals surface area contributed by atoms with E-state index < -0.39 is 6.10 Å². The third-order valence-electron chi connectivity index (χ3n) is 6.35. The molecule has 5 heteroatoms. The first-order chi connectivity index (χ1) is 10.7. The third kappa shape index (κ3) is 1.57. The first-order valence-corrected chi connectivity index (χ1v) is 8.10. The summed E-state index contributed by atoms with van der Waals surface area (Å²) in [4.78, 5) is 2.47. The van der Waals surface area contributed by atoms with Gasteiger partial charge in [-0.3, -0.25) is 0 Å². The summed E-state index contributed by atoms with van der Waals surface area (Å²) in [6.45, 7) is 1.05. The van der Waals surface area contributed by atoms with Crippen molar-refractivity contribution in [2.45, 2.75) is 36.5 Å². The van der Waals surface area contributed by atoms with E-state index >= 15 is 0 Å². The van der Waals surface area contributed by atoms with Gasteiger partial charge in [0.15, 0.2) is 11.5 Å². The van der Waals surface area contributed by atoms with Crippen LogP contribution < -0.4 is 9.47 Å². The lowest BCUT2D eigenvalue weighted by Crippen LogP contribution is -2.64. The number of hydrogen-bond acceptors (Lipinski definition) is 4. The van der Waals surface area contributed by atoms with Gasteiger partial charge in [-0.2, -0.15) is 0 Å². The van der Waals surface area contributed by atoms with Gasteiger partial charge in [-0.05, 0) is 38.1 Å². The molecule has 0 unspecified atom stereocenters. The third-order valence-corrected chi connectivity index (χ3v) is 6.35. The van der Waals surface area contributed by atoms with Crippen molar-refractivity contribution in [2.75, 3.05) is 20.7 Å². The quantitative estimate of drug-likeness (QED) is 0.773. The van der Waals surface area contributed by atoms with Crippen LogP contribution in [0.3, 0.4) is 0 Å². The second kappa shape index (κ2) is 4.72. The van der Waals surface area contributed by atoms with E-state index in [1.165, 1.54) is 11.1 Å². The van der Waals surface area contributed by atoms with Crippen molar-refractivity contribution in [3.05, 3.63) is 35.4 Å². The van der Waals surface area contributed by atoms with E-state index in [1.807, 2.05) is 12.1 Å². The average molecular weight is 317 g/mol. The Morgan fingerprint density at radius 1 is 1.35 bits per heavy atom. The van der Waals surface area contributed by atoms with Crippen molar-refractivity contribution in [3.63, 3.8) is 0 Å². The summed E-state index contributed by atoms with van der Waals surface area (Å²) in [7, 11) is 3.91. The second-order valence-corrected chi connectivity index (χ2v) is 7.11. The molecule has 3 N–H and O–H groups in total. The lowest BCUT2D eigenvalue weighted by Gasteiger charge is -2.56. The van der Waals surface area contributed by atoms with Crippen LogP contribution in [0.15, 0.2) is 24.3 Å². The smallest absolute Gasteiger partial charge is 0.165 e. The molecule has 1 spiro atoms. The van der Waals surface area contributed by atoms with Crippen molar-refractivity contribution in [3.8, 4) is 11.5 Å². The van der Waals surface area contributed by atoms with E-state index in [4.69, 9.17) is 9.47 Å². The summed E-state index contributed by atoms with van der Waals surface area (Å²) >= 11 is 0. The standard InChI is InChI=1S/C18H21NO3.H2O/c1-19-8-7-18-11-4-5-13(20)17(18)22-16-14(21-2)6-3-10(15(16)18)9-12(11)19;/h3-6,11-13,17,20H,7-9H2,1-2H3;1H2/t11-,12-,13-,17-,18-;/m0./s1. The number of ether oxygens (including phenoxy) is 2. The van der Waals surface area contributed by atoms with Gasteiger partial charge in [-0.1, -0.05) is 18.2 Å². The highest BCUT2D eigenvalue weighted by Gasteiger charge is 2.64. The van der Waals surface area contributed by atoms with Crippen LogP contribution in [-0.4, -0.2) is 54.4 Å². The number of aliphatic hydroxyl groups excluding tert-OH is 1. The van der Waals surface area contributed by atoms with Crippen molar-refractivity contribution in [1.29, 1.82) is 0 Å².